The van der Waals surface area contributed by atoms with Gasteiger partial charge >= 0.3 is 5.97 Å². The Bertz CT molecular complexity index is 1060. The third-order valence-electron chi connectivity index (χ3n) is 4.72. The highest BCUT2D eigenvalue weighted by atomic mass is 16.5. The maximum atomic E-state index is 12.8. The first kappa shape index (κ1) is 21.0. The summed E-state index contributed by atoms with van der Waals surface area (Å²) in [5.74, 6) is -1.25. The first-order valence-corrected chi connectivity index (χ1v) is 9.77. The molecule has 0 fully saturated rings. The first-order valence-electron chi connectivity index (χ1n) is 9.77. The van der Waals surface area contributed by atoms with Crippen LogP contribution in [0.25, 0.3) is 0 Å². The number of esters is 1. The maximum absolute atomic E-state index is 12.8. The molecular formula is C25H23NO4. The molecule has 0 saturated carbocycles. The second kappa shape index (κ2) is 9.65. The lowest BCUT2D eigenvalue weighted by molar-refractivity contribution is -0.117. The van der Waals surface area contributed by atoms with Crippen LogP contribution in [-0.4, -0.2) is 24.3 Å². The van der Waals surface area contributed by atoms with E-state index in [1.807, 2.05) is 24.3 Å². The number of ether oxygens (including phenoxy) is 1. The van der Waals surface area contributed by atoms with Crippen molar-refractivity contribution in [2.45, 2.75) is 19.8 Å². The summed E-state index contributed by atoms with van der Waals surface area (Å²) >= 11 is 0. The summed E-state index contributed by atoms with van der Waals surface area (Å²) < 4.78 is 4.99. The van der Waals surface area contributed by atoms with Crippen LogP contribution in [0, 0.1) is 0 Å². The average Bonchev–Trinajstić information content (AvgIpc) is 2.79. The molecule has 0 heterocycles. The summed E-state index contributed by atoms with van der Waals surface area (Å²) in [7, 11) is 0. The quantitative estimate of drug-likeness (QED) is 0.454. The van der Waals surface area contributed by atoms with E-state index in [9.17, 15) is 14.4 Å². The van der Waals surface area contributed by atoms with E-state index in [1.165, 1.54) is 0 Å². The zero-order chi connectivity index (χ0) is 21.5. The van der Waals surface area contributed by atoms with Gasteiger partial charge in [0, 0.05) is 16.8 Å². The number of benzene rings is 3. The minimum atomic E-state index is -0.486. The van der Waals surface area contributed by atoms with E-state index in [1.54, 1.807) is 68.4 Å². The molecule has 0 aliphatic rings. The van der Waals surface area contributed by atoms with Gasteiger partial charge in [-0.1, -0.05) is 54.6 Å². The van der Waals surface area contributed by atoms with Crippen molar-refractivity contribution >= 4 is 23.3 Å². The van der Waals surface area contributed by atoms with Crippen LogP contribution < -0.4 is 5.32 Å². The molecule has 0 aliphatic carbocycles. The highest BCUT2D eigenvalue weighted by Gasteiger charge is 2.18. The van der Waals surface area contributed by atoms with Crippen LogP contribution in [0.1, 0.15) is 51.6 Å². The number of nitrogens with one attached hydrogen (secondary N) is 1. The van der Waals surface area contributed by atoms with Gasteiger partial charge in [0.15, 0.2) is 5.78 Å². The van der Waals surface area contributed by atoms with Crippen molar-refractivity contribution in [3.8, 4) is 0 Å². The number of hydrogen-bond donors (Lipinski definition) is 1. The Morgan fingerprint density at radius 3 is 2.23 bits per heavy atom. The zero-order valence-electron chi connectivity index (χ0n) is 16.9. The lowest BCUT2D eigenvalue weighted by Crippen LogP contribution is -2.19. The molecule has 1 amide bonds. The fourth-order valence-corrected chi connectivity index (χ4v) is 3.05. The van der Waals surface area contributed by atoms with Crippen molar-refractivity contribution in [2.75, 3.05) is 11.9 Å². The molecule has 0 aliphatic heterocycles. The molecule has 3 aromatic rings. The van der Waals surface area contributed by atoms with Gasteiger partial charge in [-0.3, -0.25) is 9.59 Å². The maximum Gasteiger partial charge on any atom is 0.338 e. The first-order chi connectivity index (χ1) is 14.5. The molecule has 0 spiro atoms. The fourth-order valence-electron chi connectivity index (χ4n) is 3.05. The molecule has 1 N–H and O–H groups in total. The van der Waals surface area contributed by atoms with Gasteiger partial charge in [0.1, 0.15) is 0 Å². The number of anilines is 1. The molecule has 1 atom stereocenters. The second-order valence-electron chi connectivity index (χ2n) is 6.83. The van der Waals surface area contributed by atoms with Gasteiger partial charge in [-0.15, -0.1) is 0 Å². The molecule has 30 heavy (non-hydrogen) atoms. The molecule has 3 rings (SSSR count). The van der Waals surface area contributed by atoms with Gasteiger partial charge in [0.25, 0.3) is 0 Å². The third kappa shape index (κ3) is 5.00. The number of carbonyl (C=O) groups is 3. The normalized spacial score (nSPS) is 11.4. The molecule has 152 valence electrons. The molecule has 5 heteroatoms. The third-order valence-corrected chi connectivity index (χ3v) is 4.72. The summed E-state index contributed by atoms with van der Waals surface area (Å²) in [6, 6.07) is 22.7. The van der Waals surface area contributed by atoms with Gasteiger partial charge < -0.3 is 10.1 Å². The molecule has 0 bridgehead atoms. The largest absolute Gasteiger partial charge is 0.462 e. The fraction of sp³-hybridized carbons (Fsp3) is 0.160. The van der Waals surface area contributed by atoms with Crippen molar-refractivity contribution in [1.29, 1.82) is 0 Å². The Balaban J connectivity index is 1.75. The van der Waals surface area contributed by atoms with Crippen LogP contribution in [0.3, 0.4) is 0 Å². The topological polar surface area (TPSA) is 72.5 Å². The van der Waals surface area contributed by atoms with Crippen LogP contribution in [0.15, 0.2) is 78.9 Å². The van der Waals surface area contributed by atoms with E-state index in [0.717, 1.165) is 5.56 Å². The number of amides is 1. The van der Waals surface area contributed by atoms with E-state index in [0.29, 0.717) is 22.4 Å². The predicted molar refractivity (Wildman–Crippen MR) is 116 cm³/mol. The van der Waals surface area contributed by atoms with Crippen LogP contribution in [0.2, 0.25) is 0 Å². The van der Waals surface area contributed by atoms with E-state index < -0.39 is 11.9 Å². The van der Waals surface area contributed by atoms with Crippen LogP contribution >= 0.6 is 0 Å². The molecule has 5 nitrogen and oxygen atoms in total. The van der Waals surface area contributed by atoms with E-state index in [2.05, 4.69) is 5.32 Å². The Morgan fingerprint density at radius 2 is 1.50 bits per heavy atom. The van der Waals surface area contributed by atoms with Gasteiger partial charge in [-0.05, 0) is 43.7 Å². The van der Waals surface area contributed by atoms with Gasteiger partial charge in [0.2, 0.25) is 5.91 Å². The van der Waals surface area contributed by atoms with Crippen molar-refractivity contribution < 1.29 is 19.1 Å². The van der Waals surface area contributed by atoms with E-state index >= 15 is 0 Å². The highest BCUT2D eigenvalue weighted by molar-refractivity contribution is 6.09. The molecular weight excluding hydrogens is 378 g/mol. The molecule has 0 saturated heterocycles. The summed E-state index contributed by atoms with van der Waals surface area (Å²) in [6.07, 6.45) is 0. The Kier molecular flexibility index (Phi) is 6.75. The lowest BCUT2D eigenvalue weighted by Gasteiger charge is -2.14. The Hall–Kier alpha value is -3.73. The Morgan fingerprint density at radius 1 is 0.833 bits per heavy atom. The Labute approximate surface area is 175 Å². The van der Waals surface area contributed by atoms with Crippen molar-refractivity contribution in [2.24, 2.45) is 0 Å². The predicted octanol–water partition coefficient (Wildman–Crippen LogP) is 4.84. The SMILES string of the molecule is CCOC(=O)c1cccc(NC(=O)[C@@H](C)c2cccc(C(=O)c3ccccc3)c2)c1. The molecule has 3 aromatic carbocycles. The minimum absolute atomic E-state index is 0.0906. The second-order valence-corrected chi connectivity index (χ2v) is 6.83. The summed E-state index contributed by atoms with van der Waals surface area (Å²) in [5, 5.41) is 2.83. The summed E-state index contributed by atoms with van der Waals surface area (Å²) in [5.41, 5.74) is 2.74. The molecule has 0 radical (unpaired) electrons. The zero-order valence-corrected chi connectivity index (χ0v) is 16.9. The number of hydrogen-bond acceptors (Lipinski definition) is 4. The number of ketones is 1. The summed E-state index contributed by atoms with van der Waals surface area (Å²) in [4.78, 5) is 37.3. The van der Waals surface area contributed by atoms with Crippen LogP contribution in [0.5, 0.6) is 0 Å². The molecule has 0 aromatic heterocycles. The lowest BCUT2D eigenvalue weighted by atomic mass is 9.95. The smallest absolute Gasteiger partial charge is 0.338 e. The van der Waals surface area contributed by atoms with Crippen LogP contribution in [0.4, 0.5) is 5.69 Å². The van der Waals surface area contributed by atoms with Crippen molar-refractivity contribution in [3.63, 3.8) is 0 Å². The number of carbonyl (C=O) groups excluding carboxylic acids is 3. The standard InChI is InChI=1S/C25H23NO4/c1-3-30-25(29)21-13-8-14-22(16-21)26-24(28)17(2)19-11-7-12-20(15-19)23(27)18-9-5-4-6-10-18/h4-17H,3H2,1-2H3,(H,26,28)/t17-/m0/s1. The summed E-state index contributed by atoms with van der Waals surface area (Å²) in [6.45, 7) is 3.79. The van der Waals surface area contributed by atoms with Gasteiger partial charge in [0.05, 0.1) is 18.1 Å². The van der Waals surface area contributed by atoms with E-state index in [-0.39, 0.29) is 18.3 Å². The van der Waals surface area contributed by atoms with Crippen molar-refractivity contribution in [1.82, 2.24) is 0 Å². The van der Waals surface area contributed by atoms with E-state index in [4.69, 9.17) is 4.74 Å². The number of rotatable bonds is 7. The van der Waals surface area contributed by atoms with Gasteiger partial charge in [-0.25, -0.2) is 4.79 Å². The monoisotopic (exact) mass is 401 g/mol. The van der Waals surface area contributed by atoms with Gasteiger partial charge in [-0.2, -0.15) is 0 Å². The minimum Gasteiger partial charge on any atom is -0.462 e. The van der Waals surface area contributed by atoms with Crippen molar-refractivity contribution in [3.05, 3.63) is 101 Å². The molecule has 0 unspecified atom stereocenters. The highest BCUT2D eigenvalue weighted by Crippen LogP contribution is 2.21. The average molecular weight is 401 g/mol. The van der Waals surface area contributed by atoms with Crippen LogP contribution in [-0.2, 0) is 9.53 Å².